The molecule has 0 saturated carbocycles. The molecule has 0 aromatic carbocycles. The van der Waals surface area contributed by atoms with E-state index in [1.165, 1.54) is 38.5 Å². The normalized spacial score (nSPS) is 19.1. The van der Waals surface area contributed by atoms with Gasteiger partial charge in [0, 0.05) is 15.2 Å². The topological polar surface area (TPSA) is 64.1 Å². The molecule has 0 aliphatic heterocycles. The molecule has 0 heterocycles. The number of hydrogen-bond donors (Lipinski definition) is 2. The summed E-state index contributed by atoms with van der Waals surface area (Å²) in [5, 5.41) is 3.22. The van der Waals surface area contributed by atoms with Crippen LogP contribution in [-0.4, -0.2) is 11.9 Å². The van der Waals surface area contributed by atoms with Gasteiger partial charge in [-0.1, -0.05) is 143 Å². The lowest BCUT2D eigenvalue weighted by Crippen LogP contribution is -2.37. The lowest BCUT2D eigenvalue weighted by atomic mass is 9.83. The first-order valence-corrected chi connectivity index (χ1v) is 17.6. The zero-order chi connectivity index (χ0) is 33.0. The quantitative estimate of drug-likeness (QED) is 0.129. The monoisotopic (exact) mass is 603 g/mol. The Hall–Kier alpha value is -0.570. The van der Waals surface area contributed by atoms with E-state index in [0.717, 1.165) is 49.4 Å². The van der Waals surface area contributed by atoms with Gasteiger partial charge in [0.25, 0.3) is 0 Å². The van der Waals surface area contributed by atoms with E-state index < -0.39 is 0 Å². The summed E-state index contributed by atoms with van der Waals surface area (Å²) in [5.41, 5.74) is 0. The molecular formula is C39H86N2O. The van der Waals surface area contributed by atoms with Crippen molar-refractivity contribution in [2.24, 2.45) is 53.3 Å². The molecule has 0 saturated heterocycles. The Morgan fingerprint density at radius 1 is 0.548 bits per heavy atom. The first kappa shape index (κ1) is 43.6. The van der Waals surface area contributed by atoms with E-state index in [1.807, 2.05) is 6.92 Å². The maximum atomic E-state index is 11.8. The highest BCUT2D eigenvalue weighted by Gasteiger charge is 2.19. The van der Waals surface area contributed by atoms with Crippen molar-refractivity contribution in [1.29, 1.82) is 0 Å². The second kappa shape index (κ2) is 29.2. The van der Waals surface area contributed by atoms with Crippen LogP contribution in [0.3, 0.4) is 0 Å². The zero-order valence-corrected chi connectivity index (χ0v) is 30.8. The highest BCUT2D eigenvalue weighted by atomic mass is 16.1. The first-order valence-electron chi connectivity index (χ1n) is 18.7. The summed E-state index contributed by atoms with van der Waals surface area (Å²) < 4.78 is 16.2. The van der Waals surface area contributed by atoms with Gasteiger partial charge in [-0.2, -0.15) is 0 Å². The van der Waals surface area contributed by atoms with Crippen molar-refractivity contribution in [2.45, 2.75) is 194 Å². The van der Waals surface area contributed by atoms with Gasteiger partial charge in [0.15, 0.2) is 0 Å². The van der Waals surface area contributed by atoms with Crippen LogP contribution in [0, 0.1) is 53.3 Å². The van der Waals surface area contributed by atoms with Crippen LogP contribution < -0.4 is 11.5 Å². The van der Waals surface area contributed by atoms with Gasteiger partial charge in [-0.3, -0.25) is 4.79 Å². The summed E-state index contributed by atoms with van der Waals surface area (Å²) in [6.45, 7) is 31.4. The van der Waals surface area contributed by atoms with Crippen LogP contribution >= 0.6 is 0 Å². The van der Waals surface area contributed by atoms with Gasteiger partial charge in [0.05, 0.1) is 0 Å². The smallest absolute Gasteiger partial charge is 0.219 e. The van der Waals surface area contributed by atoms with Crippen LogP contribution in [0.2, 0.25) is 0 Å². The van der Waals surface area contributed by atoms with Crippen LogP contribution in [0.5, 0.6) is 0 Å². The number of hydrogen-bond acceptors (Lipinski definition) is 2. The van der Waals surface area contributed by atoms with Crippen molar-refractivity contribution >= 4 is 5.91 Å². The first-order chi connectivity index (χ1) is 19.4. The van der Waals surface area contributed by atoms with E-state index >= 15 is 0 Å². The second-order valence-corrected chi connectivity index (χ2v) is 15.0. The van der Waals surface area contributed by atoms with Crippen LogP contribution in [-0.2, 0) is 4.79 Å². The van der Waals surface area contributed by atoms with Gasteiger partial charge in [0.1, 0.15) is 0 Å². The highest BCUT2D eigenvalue weighted by Crippen LogP contribution is 2.27. The van der Waals surface area contributed by atoms with Crippen molar-refractivity contribution < 1.29 is 7.54 Å². The Morgan fingerprint density at radius 3 is 1.21 bits per heavy atom. The SMILES string of the molecule is C.N.[3H]C(CC(C)CC(C)CC(C)CC(C)CC)C(C)C.[3H]C(CC(C)CC(CC(C)CC(C)CC)NC(=O)CC)C(C)C. The zero-order valence-electron chi connectivity index (χ0n) is 32.8. The number of rotatable bonds is 22. The lowest BCUT2D eigenvalue weighted by molar-refractivity contribution is -0.121. The molecular weight excluding hydrogens is 512 g/mol. The molecule has 3 heteroatoms. The summed E-state index contributed by atoms with van der Waals surface area (Å²) in [6.07, 6.45) is 12.5. The molecule has 4 N–H and O–H groups in total. The number of carbonyl (C=O) groups excluding carboxylic acids is 1. The number of carbonyl (C=O) groups is 1. The van der Waals surface area contributed by atoms with Gasteiger partial charge in [0.2, 0.25) is 5.91 Å². The highest BCUT2D eigenvalue weighted by molar-refractivity contribution is 5.75. The van der Waals surface area contributed by atoms with Crippen molar-refractivity contribution in [3.05, 3.63) is 0 Å². The van der Waals surface area contributed by atoms with E-state index in [9.17, 15) is 4.79 Å². The molecule has 0 fully saturated rings. The van der Waals surface area contributed by atoms with Crippen LogP contribution in [0.4, 0.5) is 0 Å². The lowest BCUT2D eigenvalue weighted by Gasteiger charge is -2.26. The Kier molecular flexibility index (Phi) is 30.2. The fraction of sp³-hybridized carbons (Fsp3) is 0.974. The summed E-state index contributed by atoms with van der Waals surface area (Å²) in [4.78, 5) is 11.8. The second-order valence-electron chi connectivity index (χ2n) is 15.0. The number of amides is 1. The third kappa shape index (κ3) is 30.9. The molecule has 0 spiro atoms. The molecule has 1 amide bonds. The standard InChI is InChI=1S/C20H41NO.C18H38.CH4.H3N/c1-8-16(5)12-18(7)14-19(21-20(22)9-2)13-17(6)11-10-15(3)4;1-8-15(4)11-17(6)13-18(7)12-16(5)10-9-14(2)3;;/h15-19H,8-14H2,1-7H3,(H,21,22);14-18H,8-13H2,1-7H3;1H4;1H3/i10T;9T;;. The molecule has 0 radical (unpaired) electrons. The van der Waals surface area contributed by atoms with Crippen molar-refractivity contribution in [2.75, 3.05) is 0 Å². The molecule has 0 bridgehead atoms. The van der Waals surface area contributed by atoms with Crippen molar-refractivity contribution in [3.63, 3.8) is 0 Å². The molecule has 0 rings (SSSR count). The van der Waals surface area contributed by atoms with Gasteiger partial charge in [-0.25, -0.2) is 0 Å². The fourth-order valence-corrected chi connectivity index (χ4v) is 6.09. The summed E-state index contributed by atoms with van der Waals surface area (Å²) in [7, 11) is 0. The van der Waals surface area contributed by atoms with Gasteiger partial charge < -0.3 is 11.5 Å². The minimum atomic E-state index is 0. The molecule has 0 aromatic heterocycles. The van der Waals surface area contributed by atoms with E-state index in [-0.39, 0.29) is 38.3 Å². The average Bonchev–Trinajstić information content (AvgIpc) is 2.87. The van der Waals surface area contributed by atoms with E-state index in [4.69, 9.17) is 2.74 Å². The maximum Gasteiger partial charge on any atom is 0.219 e. The maximum absolute atomic E-state index is 11.8. The van der Waals surface area contributed by atoms with Gasteiger partial charge >= 0.3 is 0 Å². The Morgan fingerprint density at radius 2 is 0.857 bits per heavy atom. The molecule has 42 heavy (non-hydrogen) atoms. The predicted octanol–water partition coefficient (Wildman–Crippen LogP) is 13.2. The number of nitrogens with one attached hydrogen (secondary N) is 1. The summed E-state index contributed by atoms with van der Waals surface area (Å²) in [6, 6.07) is 0.260. The Labute approximate surface area is 271 Å². The van der Waals surface area contributed by atoms with Crippen LogP contribution in [0.15, 0.2) is 0 Å². The molecule has 0 aliphatic carbocycles. The molecule has 10 unspecified atom stereocenters. The molecule has 258 valence electrons. The molecule has 0 aliphatic rings. The minimum absolute atomic E-state index is 0. The fourth-order valence-electron chi connectivity index (χ4n) is 6.09. The average molecular weight is 603 g/mol. The van der Waals surface area contributed by atoms with E-state index in [2.05, 4.69) is 95.3 Å². The third-order valence-electron chi connectivity index (χ3n) is 8.69. The Bertz CT molecular complexity index is 644. The van der Waals surface area contributed by atoms with Crippen LogP contribution in [0.1, 0.15) is 191 Å². The molecule has 3 nitrogen and oxygen atoms in total. The summed E-state index contributed by atoms with van der Waals surface area (Å²) in [5.74, 6) is 6.19. The molecule has 10 atom stereocenters. The van der Waals surface area contributed by atoms with E-state index in [0.29, 0.717) is 36.0 Å². The van der Waals surface area contributed by atoms with Gasteiger partial charge in [-0.15, -0.1) is 0 Å². The van der Waals surface area contributed by atoms with Crippen molar-refractivity contribution in [1.82, 2.24) is 11.5 Å². The predicted molar refractivity (Wildman–Crippen MR) is 195 cm³/mol. The van der Waals surface area contributed by atoms with Gasteiger partial charge in [-0.05, 0) is 91.8 Å². The van der Waals surface area contributed by atoms with E-state index in [1.54, 1.807) is 0 Å². The minimum Gasteiger partial charge on any atom is -0.353 e. The summed E-state index contributed by atoms with van der Waals surface area (Å²) >= 11 is 0. The Balaban J connectivity index is -0.000000354. The third-order valence-corrected chi connectivity index (χ3v) is 8.69. The van der Waals surface area contributed by atoms with Crippen LogP contribution in [0.25, 0.3) is 0 Å². The molecule has 0 aromatic rings. The van der Waals surface area contributed by atoms with Crippen molar-refractivity contribution in [3.8, 4) is 0 Å². The largest absolute Gasteiger partial charge is 0.353 e.